The van der Waals surface area contributed by atoms with Crippen LogP contribution in [0.3, 0.4) is 0 Å². The molecule has 0 bridgehead atoms. The number of hydrogen-bond donors (Lipinski definition) is 1. The van der Waals surface area contributed by atoms with Crippen molar-refractivity contribution < 1.29 is 17.9 Å². The Hall–Kier alpha value is -1.21. The molecule has 0 saturated heterocycles. The van der Waals surface area contributed by atoms with E-state index < -0.39 is 11.9 Å². The van der Waals surface area contributed by atoms with E-state index in [2.05, 4.69) is 15.5 Å². The monoisotopic (exact) mass is 263 g/mol. The fourth-order valence-corrected chi connectivity index (χ4v) is 1.55. The van der Waals surface area contributed by atoms with E-state index in [4.69, 9.17) is 4.74 Å². The highest BCUT2D eigenvalue weighted by Crippen LogP contribution is 2.26. The Morgan fingerprint density at radius 3 is 2.50 bits per heavy atom. The van der Waals surface area contributed by atoms with Gasteiger partial charge in [-0.05, 0) is 18.7 Å². The molecule has 1 rings (SSSR count). The lowest BCUT2D eigenvalue weighted by atomic mass is 10.1. The van der Waals surface area contributed by atoms with Crippen LogP contribution in [0.4, 0.5) is 13.2 Å². The van der Waals surface area contributed by atoms with Crippen molar-refractivity contribution in [1.29, 1.82) is 0 Å². The molecule has 0 aromatic carbocycles. The van der Waals surface area contributed by atoms with Gasteiger partial charge in [-0.2, -0.15) is 18.3 Å². The Kier molecular flexibility index (Phi) is 5.49. The minimum Gasteiger partial charge on any atom is -0.383 e. The Morgan fingerprint density at radius 2 is 2.06 bits per heavy atom. The second-order valence-electron chi connectivity index (χ2n) is 3.82. The van der Waals surface area contributed by atoms with Gasteiger partial charge >= 0.3 is 6.18 Å². The van der Waals surface area contributed by atoms with Crippen LogP contribution in [0.5, 0.6) is 0 Å². The standard InChI is InChI=1S/C11H16F3N3O/c1-3-15-9(7-18-2)6-8-4-5-10(17-16-8)11(12,13)14/h4-5,9,15H,3,6-7H2,1-2H3. The molecule has 4 nitrogen and oxygen atoms in total. The number of alkyl halides is 3. The molecule has 102 valence electrons. The van der Waals surface area contributed by atoms with E-state index in [-0.39, 0.29) is 6.04 Å². The third-order valence-electron chi connectivity index (χ3n) is 2.33. The molecule has 1 heterocycles. The Labute approximate surface area is 104 Å². The van der Waals surface area contributed by atoms with Crippen LogP contribution in [0.25, 0.3) is 0 Å². The maximum atomic E-state index is 12.3. The van der Waals surface area contributed by atoms with Crippen molar-refractivity contribution in [2.24, 2.45) is 0 Å². The Morgan fingerprint density at radius 1 is 1.33 bits per heavy atom. The summed E-state index contributed by atoms with van der Waals surface area (Å²) in [4.78, 5) is 0. The minimum absolute atomic E-state index is 0.0195. The average molecular weight is 263 g/mol. The maximum Gasteiger partial charge on any atom is 0.435 e. The van der Waals surface area contributed by atoms with Gasteiger partial charge in [-0.25, -0.2) is 0 Å². The second kappa shape index (κ2) is 6.65. The molecule has 0 fully saturated rings. The third-order valence-corrected chi connectivity index (χ3v) is 2.33. The van der Waals surface area contributed by atoms with E-state index in [1.54, 1.807) is 7.11 Å². The van der Waals surface area contributed by atoms with Crippen LogP contribution in [0.1, 0.15) is 18.3 Å². The van der Waals surface area contributed by atoms with Gasteiger partial charge in [-0.15, -0.1) is 5.10 Å². The first-order chi connectivity index (χ1) is 8.47. The van der Waals surface area contributed by atoms with Crippen molar-refractivity contribution >= 4 is 0 Å². The molecular weight excluding hydrogens is 247 g/mol. The van der Waals surface area contributed by atoms with Crippen LogP contribution < -0.4 is 5.32 Å². The summed E-state index contributed by atoms with van der Waals surface area (Å²) in [6.45, 7) is 3.17. The van der Waals surface area contributed by atoms with E-state index in [1.165, 1.54) is 6.07 Å². The van der Waals surface area contributed by atoms with Gasteiger partial charge in [0.2, 0.25) is 0 Å². The van der Waals surface area contributed by atoms with E-state index in [1.807, 2.05) is 6.92 Å². The summed E-state index contributed by atoms with van der Waals surface area (Å²) in [7, 11) is 1.57. The van der Waals surface area contributed by atoms with E-state index in [0.29, 0.717) is 18.7 Å². The number of likely N-dealkylation sites (N-methyl/N-ethyl adjacent to an activating group) is 1. The van der Waals surface area contributed by atoms with Crippen LogP contribution >= 0.6 is 0 Å². The van der Waals surface area contributed by atoms with Crippen molar-refractivity contribution in [3.05, 3.63) is 23.5 Å². The predicted molar refractivity (Wildman–Crippen MR) is 60.1 cm³/mol. The van der Waals surface area contributed by atoms with Crippen LogP contribution in [0.2, 0.25) is 0 Å². The molecule has 0 saturated carbocycles. The van der Waals surface area contributed by atoms with E-state index in [0.717, 1.165) is 12.6 Å². The lowest BCUT2D eigenvalue weighted by Crippen LogP contribution is -2.35. The largest absolute Gasteiger partial charge is 0.435 e. The molecule has 0 amide bonds. The van der Waals surface area contributed by atoms with Crippen molar-refractivity contribution in [2.75, 3.05) is 20.3 Å². The summed E-state index contributed by atoms with van der Waals surface area (Å²) in [6.07, 6.45) is -3.97. The van der Waals surface area contributed by atoms with Crippen LogP contribution in [-0.4, -0.2) is 36.5 Å². The van der Waals surface area contributed by atoms with Gasteiger partial charge in [0.25, 0.3) is 0 Å². The number of ether oxygens (including phenoxy) is 1. The highest BCUT2D eigenvalue weighted by Gasteiger charge is 2.32. The summed E-state index contributed by atoms with van der Waals surface area (Å²) in [6, 6.07) is 2.31. The van der Waals surface area contributed by atoms with Crippen LogP contribution in [0.15, 0.2) is 12.1 Å². The topological polar surface area (TPSA) is 47.0 Å². The van der Waals surface area contributed by atoms with E-state index >= 15 is 0 Å². The lowest BCUT2D eigenvalue weighted by molar-refractivity contribution is -0.141. The minimum atomic E-state index is -4.45. The molecule has 1 atom stereocenters. The molecule has 1 aromatic rings. The number of methoxy groups -OCH3 is 1. The zero-order valence-corrected chi connectivity index (χ0v) is 10.3. The van der Waals surface area contributed by atoms with E-state index in [9.17, 15) is 13.2 Å². The quantitative estimate of drug-likeness (QED) is 0.848. The van der Waals surface area contributed by atoms with Gasteiger partial charge in [-0.1, -0.05) is 6.92 Å². The zero-order valence-electron chi connectivity index (χ0n) is 10.3. The normalized spacial score (nSPS) is 13.6. The average Bonchev–Trinajstić information content (AvgIpc) is 2.29. The van der Waals surface area contributed by atoms with Gasteiger partial charge in [0.15, 0.2) is 5.69 Å². The first kappa shape index (κ1) is 14.8. The summed E-state index contributed by atoms with van der Waals surface area (Å²) in [5, 5.41) is 9.93. The molecule has 0 aliphatic heterocycles. The highest BCUT2D eigenvalue weighted by molar-refractivity contribution is 5.10. The molecule has 1 unspecified atom stereocenters. The number of aromatic nitrogens is 2. The first-order valence-electron chi connectivity index (χ1n) is 5.59. The molecule has 1 N–H and O–H groups in total. The number of hydrogen-bond acceptors (Lipinski definition) is 4. The third kappa shape index (κ3) is 4.58. The molecule has 0 radical (unpaired) electrons. The predicted octanol–water partition coefficient (Wildman–Crippen LogP) is 1.66. The molecule has 0 aliphatic rings. The van der Waals surface area contributed by atoms with Gasteiger partial charge < -0.3 is 10.1 Å². The number of nitrogens with one attached hydrogen (secondary N) is 1. The first-order valence-corrected chi connectivity index (χ1v) is 5.59. The fraction of sp³-hybridized carbons (Fsp3) is 0.636. The zero-order chi connectivity index (χ0) is 13.6. The smallest absolute Gasteiger partial charge is 0.383 e. The van der Waals surface area contributed by atoms with Gasteiger partial charge in [-0.3, -0.25) is 0 Å². The number of halogens is 3. The summed E-state index contributed by atoms with van der Waals surface area (Å²) < 4.78 is 41.9. The summed E-state index contributed by atoms with van der Waals surface area (Å²) in [5.74, 6) is 0. The summed E-state index contributed by atoms with van der Waals surface area (Å²) in [5.41, 5.74) is -0.469. The second-order valence-corrected chi connectivity index (χ2v) is 3.82. The van der Waals surface area contributed by atoms with Crippen molar-refractivity contribution in [3.63, 3.8) is 0 Å². The molecular formula is C11H16F3N3O. The Bertz CT molecular complexity index is 348. The maximum absolute atomic E-state index is 12.3. The number of rotatable bonds is 6. The highest BCUT2D eigenvalue weighted by atomic mass is 19.4. The van der Waals surface area contributed by atoms with Crippen LogP contribution in [0, 0.1) is 0 Å². The van der Waals surface area contributed by atoms with Crippen molar-refractivity contribution in [3.8, 4) is 0 Å². The molecule has 18 heavy (non-hydrogen) atoms. The molecule has 0 aliphatic carbocycles. The van der Waals surface area contributed by atoms with Gasteiger partial charge in [0.1, 0.15) is 0 Å². The van der Waals surface area contributed by atoms with Gasteiger partial charge in [0, 0.05) is 19.6 Å². The Balaban J connectivity index is 2.67. The SMILES string of the molecule is CCNC(COC)Cc1ccc(C(F)(F)F)nn1. The van der Waals surface area contributed by atoms with Crippen molar-refractivity contribution in [1.82, 2.24) is 15.5 Å². The molecule has 0 spiro atoms. The summed E-state index contributed by atoms with van der Waals surface area (Å²) >= 11 is 0. The van der Waals surface area contributed by atoms with Crippen LogP contribution in [-0.2, 0) is 17.3 Å². The molecule has 1 aromatic heterocycles. The lowest BCUT2D eigenvalue weighted by Gasteiger charge is -2.16. The van der Waals surface area contributed by atoms with Crippen molar-refractivity contribution in [2.45, 2.75) is 25.6 Å². The van der Waals surface area contributed by atoms with Gasteiger partial charge in [0.05, 0.1) is 12.3 Å². The number of nitrogens with zero attached hydrogens (tertiary/aromatic N) is 2. The molecule has 7 heteroatoms. The fourth-order valence-electron chi connectivity index (χ4n) is 1.55.